The topological polar surface area (TPSA) is 190 Å². The summed E-state index contributed by atoms with van der Waals surface area (Å²) >= 11 is 0. The van der Waals surface area contributed by atoms with E-state index in [4.69, 9.17) is 24.4 Å². The van der Waals surface area contributed by atoms with Crippen molar-refractivity contribution in [1.82, 2.24) is 0 Å². The molecule has 0 aromatic heterocycles. The van der Waals surface area contributed by atoms with Gasteiger partial charge in [-0.1, -0.05) is 0 Å². The molecule has 0 radical (unpaired) electrons. The zero-order valence-electron chi connectivity index (χ0n) is 12.0. The molecule has 0 aromatic carbocycles. The Kier molecular flexibility index (Phi) is 6.27. The van der Waals surface area contributed by atoms with Gasteiger partial charge in [-0.2, -0.15) is 0 Å². The van der Waals surface area contributed by atoms with Crippen LogP contribution in [-0.2, 0) is 14.2 Å². The van der Waals surface area contributed by atoms with E-state index in [1.807, 2.05) is 0 Å². The van der Waals surface area contributed by atoms with Crippen molar-refractivity contribution in [1.29, 1.82) is 0 Å². The van der Waals surface area contributed by atoms with Crippen LogP contribution >= 0.6 is 0 Å². The quantitative estimate of drug-likeness (QED) is 0.243. The Morgan fingerprint density at radius 3 is 1.22 bits per heavy atom. The fraction of sp³-hybridized carbons (Fsp3) is 1.00. The van der Waals surface area contributed by atoms with Crippen molar-refractivity contribution >= 4 is 0 Å². The van der Waals surface area contributed by atoms with Gasteiger partial charge in [0, 0.05) is 0 Å². The summed E-state index contributed by atoms with van der Waals surface area (Å²) in [5.41, 5.74) is 0. The lowest BCUT2D eigenvalue weighted by molar-refractivity contribution is -0.376. The lowest BCUT2D eigenvalue weighted by Gasteiger charge is -2.44. The van der Waals surface area contributed by atoms with Gasteiger partial charge in [-0.3, -0.25) is 0 Å². The normalized spacial score (nSPS) is 51.7. The van der Waals surface area contributed by atoms with Crippen LogP contribution in [0.15, 0.2) is 0 Å². The number of rotatable bonds is 4. The van der Waals surface area contributed by atoms with Crippen LogP contribution in [-0.4, -0.2) is 115 Å². The minimum absolute atomic E-state index is 0.667. The van der Waals surface area contributed by atoms with Gasteiger partial charge in [-0.15, -0.1) is 0 Å². The van der Waals surface area contributed by atoms with E-state index in [-0.39, 0.29) is 0 Å². The second kappa shape index (κ2) is 7.63. The predicted molar refractivity (Wildman–Crippen MR) is 68.6 cm³/mol. The van der Waals surface area contributed by atoms with Gasteiger partial charge < -0.3 is 55.1 Å². The molecule has 0 aliphatic carbocycles. The molecule has 23 heavy (non-hydrogen) atoms. The van der Waals surface area contributed by atoms with Gasteiger partial charge in [0.1, 0.15) is 48.8 Å². The minimum Gasteiger partial charge on any atom is -0.394 e. The van der Waals surface area contributed by atoms with Crippen molar-refractivity contribution in [3.63, 3.8) is 0 Å². The molecule has 2 rings (SSSR count). The van der Waals surface area contributed by atoms with Crippen molar-refractivity contribution in [2.45, 2.75) is 61.4 Å². The molecule has 0 spiro atoms. The smallest absolute Gasteiger partial charge is 0.189 e. The molecule has 8 N–H and O–H groups in total. The second-order valence-electron chi connectivity index (χ2n) is 5.53. The van der Waals surface area contributed by atoms with Gasteiger partial charge in [0.05, 0.1) is 13.2 Å². The largest absolute Gasteiger partial charge is 0.394 e. The molecule has 0 saturated carbocycles. The number of ether oxygens (including phenoxy) is 3. The maximum atomic E-state index is 9.84. The van der Waals surface area contributed by atoms with Crippen LogP contribution in [0.2, 0.25) is 0 Å². The third-order valence-electron chi connectivity index (χ3n) is 3.97. The maximum absolute atomic E-state index is 9.84. The lowest BCUT2D eigenvalue weighted by Crippen LogP contribution is -2.63. The zero-order chi connectivity index (χ0) is 17.3. The van der Waals surface area contributed by atoms with Crippen molar-refractivity contribution in [2.24, 2.45) is 0 Å². The third kappa shape index (κ3) is 3.65. The summed E-state index contributed by atoms with van der Waals surface area (Å²) in [7, 11) is 0. The highest BCUT2D eigenvalue weighted by molar-refractivity contribution is 4.92. The molecule has 11 nitrogen and oxygen atoms in total. The molecule has 5 unspecified atom stereocenters. The monoisotopic (exact) mass is 342 g/mol. The Bertz CT molecular complexity index is 344. The van der Waals surface area contributed by atoms with E-state index in [2.05, 4.69) is 0 Å². The van der Waals surface area contributed by atoms with Crippen LogP contribution in [0.25, 0.3) is 0 Å². The van der Waals surface area contributed by atoms with Crippen LogP contribution in [0.4, 0.5) is 0 Å². The number of aliphatic hydroxyl groups is 8. The molecule has 2 heterocycles. The van der Waals surface area contributed by atoms with E-state index in [9.17, 15) is 30.6 Å². The van der Waals surface area contributed by atoms with Crippen LogP contribution in [0.5, 0.6) is 0 Å². The zero-order valence-corrected chi connectivity index (χ0v) is 12.0. The van der Waals surface area contributed by atoms with Crippen LogP contribution in [0, 0.1) is 0 Å². The SMILES string of the molecule is OCC1O[C@H](O[C@H]2O[C@H](CO)[C@@H](O)C(O)C2O)C(O)C(O)[C@@H]1O. The van der Waals surface area contributed by atoms with E-state index in [0.29, 0.717) is 0 Å². The molecule has 0 aromatic rings. The van der Waals surface area contributed by atoms with Crippen LogP contribution in [0.1, 0.15) is 0 Å². The maximum Gasteiger partial charge on any atom is 0.189 e. The first-order valence-electron chi connectivity index (χ1n) is 7.08. The highest BCUT2D eigenvalue weighted by Gasteiger charge is 2.49. The van der Waals surface area contributed by atoms with E-state index < -0.39 is 74.6 Å². The molecule has 2 saturated heterocycles. The van der Waals surface area contributed by atoms with Crippen molar-refractivity contribution in [3.8, 4) is 0 Å². The standard InChI is InChI=1S/C12H22O11/c13-1-3-5(15)7(17)9(19)11(21-3)23-12-10(20)8(18)6(16)4(2-14)22-12/h3-20H,1-2H2/t3-,4?,5-,6-,7?,8?,9?,10?,11-,12-/m1/s1. The van der Waals surface area contributed by atoms with Crippen LogP contribution < -0.4 is 0 Å². The summed E-state index contributed by atoms with van der Waals surface area (Å²) in [6.45, 7) is -1.33. The summed E-state index contributed by atoms with van der Waals surface area (Å²) in [5.74, 6) is 0. The highest BCUT2D eigenvalue weighted by atomic mass is 16.8. The third-order valence-corrected chi connectivity index (χ3v) is 3.97. The summed E-state index contributed by atoms with van der Waals surface area (Å²) < 4.78 is 15.3. The minimum atomic E-state index is -1.72. The fourth-order valence-electron chi connectivity index (χ4n) is 2.49. The van der Waals surface area contributed by atoms with E-state index in [1.54, 1.807) is 0 Å². The average molecular weight is 342 g/mol. The van der Waals surface area contributed by atoms with Crippen molar-refractivity contribution in [3.05, 3.63) is 0 Å². The number of hydrogen-bond donors (Lipinski definition) is 8. The first-order valence-corrected chi connectivity index (χ1v) is 7.08. The first-order chi connectivity index (χ1) is 10.8. The van der Waals surface area contributed by atoms with E-state index in [0.717, 1.165) is 0 Å². The Balaban J connectivity index is 2.07. The molecular formula is C12H22O11. The average Bonchev–Trinajstić information content (AvgIpc) is 2.55. The van der Waals surface area contributed by atoms with Crippen LogP contribution in [0.3, 0.4) is 0 Å². The van der Waals surface area contributed by atoms with Gasteiger partial charge in [-0.05, 0) is 0 Å². The summed E-state index contributed by atoms with van der Waals surface area (Å²) in [4.78, 5) is 0. The second-order valence-corrected chi connectivity index (χ2v) is 5.53. The van der Waals surface area contributed by atoms with Gasteiger partial charge in [-0.25, -0.2) is 0 Å². The van der Waals surface area contributed by atoms with Gasteiger partial charge in [0.2, 0.25) is 0 Å². The molecule has 0 amide bonds. The van der Waals surface area contributed by atoms with E-state index in [1.165, 1.54) is 0 Å². The molecular weight excluding hydrogens is 320 g/mol. The van der Waals surface area contributed by atoms with Gasteiger partial charge in [0.25, 0.3) is 0 Å². The molecule has 0 bridgehead atoms. The summed E-state index contributed by atoms with van der Waals surface area (Å²) in [6.07, 6.45) is -15.6. The molecule has 2 aliphatic heterocycles. The molecule has 2 fully saturated rings. The van der Waals surface area contributed by atoms with Crippen molar-refractivity contribution < 1.29 is 55.1 Å². The Morgan fingerprint density at radius 1 is 0.565 bits per heavy atom. The molecule has 11 heteroatoms. The lowest BCUT2D eigenvalue weighted by atomic mass is 9.98. The highest BCUT2D eigenvalue weighted by Crippen LogP contribution is 2.27. The Labute approximate surface area is 130 Å². The molecule has 10 atom stereocenters. The van der Waals surface area contributed by atoms with Gasteiger partial charge in [0.15, 0.2) is 12.6 Å². The number of aliphatic hydroxyl groups excluding tert-OH is 8. The Hall–Kier alpha value is -0.440. The molecule has 2 aliphatic rings. The summed E-state index contributed by atoms with van der Waals surface area (Å²) in [6, 6.07) is 0. The van der Waals surface area contributed by atoms with Gasteiger partial charge >= 0.3 is 0 Å². The van der Waals surface area contributed by atoms with Crippen molar-refractivity contribution in [2.75, 3.05) is 13.2 Å². The van der Waals surface area contributed by atoms with E-state index >= 15 is 0 Å². The molecule has 136 valence electrons. The first kappa shape index (κ1) is 18.9. The predicted octanol–water partition coefficient (Wildman–Crippen LogP) is -5.40. The summed E-state index contributed by atoms with van der Waals surface area (Å²) in [5, 5.41) is 76.4. The fourth-order valence-corrected chi connectivity index (χ4v) is 2.49. The Morgan fingerprint density at radius 2 is 0.913 bits per heavy atom. The number of hydrogen-bond acceptors (Lipinski definition) is 11.